The summed E-state index contributed by atoms with van der Waals surface area (Å²) in [5, 5.41) is 6.26. The van der Waals surface area contributed by atoms with Gasteiger partial charge in [0.2, 0.25) is 0 Å². The molecule has 0 aliphatic rings. The molecule has 1 rings (SSSR count). The van der Waals surface area contributed by atoms with Gasteiger partial charge in [-0.25, -0.2) is 0 Å². The molecule has 3 N–H and O–H groups in total. The predicted octanol–water partition coefficient (Wildman–Crippen LogP) is 0.427. The molecule has 1 heterocycles. The van der Waals surface area contributed by atoms with Crippen molar-refractivity contribution in [2.45, 2.75) is 19.4 Å². The highest BCUT2D eigenvalue weighted by molar-refractivity contribution is 7.07. The number of nitrogens with one attached hydrogen (secondary N) is 1. The van der Waals surface area contributed by atoms with E-state index in [2.05, 4.69) is 14.9 Å². The lowest BCUT2D eigenvalue weighted by Crippen LogP contribution is -2.44. The second-order valence-electron chi connectivity index (χ2n) is 3.45. The number of carbonyl (C=O) groups is 1. The highest BCUT2D eigenvalue weighted by Crippen LogP contribution is 2.01. The Bertz CT molecular complexity index is 282. The maximum absolute atomic E-state index is 11.3. The second-order valence-corrected chi connectivity index (χ2v) is 4.24. The van der Waals surface area contributed by atoms with E-state index in [4.69, 9.17) is 5.73 Å². The molecule has 1 amide bonds. The molecule has 0 spiro atoms. The summed E-state index contributed by atoms with van der Waals surface area (Å²) in [7, 11) is 0. The molecule has 0 saturated heterocycles. The summed E-state index contributed by atoms with van der Waals surface area (Å²) < 4.78 is 3.59. The number of rotatable bonds is 3. The van der Waals surface area contributed by atoms with Crippen LogP contribution in [0.25, 0.3) is 0 Å². The third kappa shape index (κ3) is 4.50. The van der Waals surface area contributed by atoms with E-state index in [0.717, 1.165) is 11.5 Å². The average Bonchev–Trinajstić information content (AvgIpc) is 2.50. The van der Waals surface area contributed by atoms with Gasteiger partial charge in [0, 0.05) is 12.1 Å². The highest BCUT2D eigenvalue weighted by atomic mass is 35.5. The molecular formula is C7H13ClN4OS. The predicted molar refractivity (Wildman–Crippen MR) is 57.8 cm³/mol. The Morgan fingerprint density at radius 1 is 1.71 bits per heavy atom. The van der Waals surface area contributed by atoms with Gasteiger partial charge in [0.25, 0.3) is 5.91 Å². The SMILES string of the molecule is CC(C)(N)CNC(=O)c1cnns1.Cl. The molecule has 0 radical (unpaired) electrons. The first-order valence-electron chi connectivity index (χ1n) is 3.83. The fraction of sp³-hybridized carbons (Fsp3) is 0.571. The topological polar surface area (TPSA) is 80.9 Å². The van der Waals surface area contributed by atoms with Crippen molar-refractivity contribution in [3.8, 4) is 0 Å². The highest BCUT2D eigenvalue weighted by Gasteiger charge is 2.14. The molecule has 1 aromatic rings. The number of hydrogen-bond acceptors (Lipinski definition) is 5. The van der Waals surface area contributed by atoms with Crippen molar-refractivity contribution in [1.82, 2.24) is 14.9 Å². The standard InChI is InChI=1S/C7H12N4OS.ClH/c1-7(2,8)4-9-6(12)5-3-10-11-13-5;/h3H,4,8H2,1-2H3,(H,9,12);1H. The molecule has 0 aliphatic heterocycles. The summed E-state index contributed by atoms with van der Waals surface area (Å²) in [5.74, 6) is -0.173. The second kappa shape index (κ2) is 5.23. The van der Waals surface area contributed by atoms with E-state index in [0.29, 0.717) is 11.4 Å². The van der Waals surface area contributed by atoms with Gasteiger partial charge in [-0.05, 0) is 25.4 Å². The van der Waals surface area contributed by atoms with Crippen LogP contribution in [0.15, 0.2) is 6.20 Å². The number of hydrogen-bond donors (Lipinski definition) is 2. The first-order valence-corrected chi connectivity index (χ1v) is 4.61. The molecule has 0 bridgehead atoms. The Hall–Kier alpha value is -0.720. The summed E-state index contributed by atoms with van der Waals surface area (Å²) in [4.78, 5) is 11.8. The van der Waals surface area contributed by atoms with Gasteiger partial charge in [0.1, 0.15) is 4.88 Å². The van der Waals surface area contributed by atoms with Crippen LogP contribution in [0.3, 0.4) is 0 Å². The van der Waals surface area contributed by atoms with Gasteiger partial charge < -0.3 is 11.1 Å². The lowest BCUT2D eigenvalue weighted by molar-refractivity contribution is 0.0950. The van der Waals surface area contributed by atoms with Crippen LogP contribution in [0.4, 0.5) is 0 Å². The molecule has 7 heteroatoms. The normalized spacial score (nSPS) is 10.5. The molecule has 1 aromatic heterocycles. The number of nitrogens with two attached hydrogens (primary N) is 1. The molecule has 0 aromatic carbocycles. The fourth-order valence-electron chi connectivity index (χ4n) is 0.662. The van der Waals surface area contributed by atoms with Crippen molar-refractivity contribution < 1.29 is 4.79 Å². The van der Waals surface area contributed by atoms with E-state index in [1.807, 2.05) is 13.8 Å². The zero-order valence-electron chi connectivity index (χ0n) is 7.98. The average molecular weight is 237 g/mol. The van der Waals surface area contributed by atoms with Crippen LogP contribution in [0.1, 0.15) is 23.5 Å². The Morgan fingerprint density at radius 2 is 2.36 bits per heavy atom. The lowest BCUT2D eigenvalue weighted by Gasteiger charge is -2.18. The number of nitrogens with zero attached hydrogens (tertiary/aromatic N) is 2. The van der Waals surface area contributed by atoms with Crippen molar-refractivity contribution >= 4 is 29.8 Å². The van der Waals surface area contributed by atoms with Crippen LogP contribution in [0.5, 0.6) is 0 Å². The van der Waals surface area contributed by atoms with Crippen molar-refractivity contribution in [1.29, 1.82) is 0 Å². The van der Waals surface area contributed by atoms with Gasteiger partial charge in [0.15, 0.2) is 0 Å². The largest absolute Gasteiger partial charge is 0.349 e. The van der Waals surface area contributed by atoms with E-state index in [-0.39, 0.29) is 18.3 Å². The Balaban J connectivity index is 0.00000169. The number of carbonyl (C=O) groups excluding carboxylic acids is 1. The quantitative estimate of drug-likeness (QED) is 0.798. The summed E-state index contributed by atoms with van der Waals surface area (Å²) in [6.07, 6.45) is 1.43. The van der Waals surface area contributed by atoms with Crippen LogP contribution in [0, 0.1) is 0 Å². The smallest absolute Gasteiger partial charge is 0.264 e. The maximum atomic E-state index is 11.3. The van der Waals surface area contributed by atoms with Crippen molar-refractivity contribution in [3.63, 3.8) is 0 Å². The van der Waals surface area contributed by atoms with Crippen LogP contribution in [0.2, 0.25) is 0 Å². The third-order valence-electron chi connectivity index (χ3n) is 1.29. The van der Waals surface area contributed by atoms with E-state index in [1.54, 1.807) is 0 Å². The van der Waals surface area contributed by atoms with Gasteiger partial charge in [-0.3, -0.25) is 4.79 Å². The van der Waals surface area contributed by atoms with Gasteiger partial charge in [-0.1, -0.05) is 4.49 Å². The molecule has 0 saturated carbocycles. The minimum absolute atomic E-state index is 0. The number of halogens is 1. The van der Waals surface area contributed by atoms with E-state index < -0.39 is 5.54 Å². The van der Waals surface area contributed by atoms with Crippen LogP contribution < -0.4 is 11.1 Å². The van der Waals surface area contributed by atoms with E-state index in [1.165, 1.54) is 6.20 Å². The molecule has 5 nitrogen and oxygen atoms in total. The van der Waals surface area contributed by atoms with Crippen molar-refractivity contribution in [2.75, 3.05) is 6.54 Å². The van der Waals surface area contributed by atoms with E-state index >= 15 is 0 Å². The maximum Gasteiger partial charge on any atom is 0.264 e. The van der Waals surface area contributed by atoms with Gasteiger partial charge >= 0.3 is 0 Å². The van der Waals surface area contributed by atoms with Crippen molar-refractivity contribution in [2.24, 2.45) is 5.73 Å². The Kier molecular flexibility index (Phi) is 4.96. The van der Waals surface area contributed by atoms with Crippen molar-refractivity contribution in [3.05, 3.63) is 11.1 Å². The van der Waals surface area contributed by atoms with Gasteiger partial charge in [-0.2, -0.15) is 0 Å². The Morgan fingerprint density at radius 3 is 2.79 bits per heavy atom. The zero-order chi connectivity index (χ0) is 9.90. The lowest BCUT2D eigenvalue weighted by atomic mass is 10.1. The van der Waals surface area contributed by atoms with Crippen LogP contribution in [-0.4, -0.2) is 27.6 Å². The first-order chi connectivity index (χ1) is 5.99. The molecular weight excluding hydrogens is 224 g/mol. The van der Waals surface area contributed by atoms with Gasteiger partial charge in [-0.15, -0.1) is 17.5 Å². The molecule has 0 atom stereocenters. The summed E-state index contributed by atoms with van der Waals surface area (Å²) >= 11 is 1.07. The molecule has 0 fully saturated rings. The van der Waals surface area contributed by atoms with Crippen LogP contribution >= 0.6 is 23.9 Å². The summed E-state index contributed by atoms with van der Waals surface area (Å²) in [6.45, 7) is 4.13. The number of amides is 1. The number of aromatic nitrogens is 2. The summed E-state index contributed by atoms with van der Waals surface area (Å²) in [6, 6.07) is 0. The Labute approximate surface area is 92.6 Å². The van der Waals surface area contributed by atoms with Crippen LogP contribution in [-0.2, 0) is 0 Å². The monoisotopic (exact) mass is 236 g/mol. The molecule has 0 aliphatic carbocycles. The molecule has 80 valence electrons. The minimum atomic E-state index is -0.395. The molecule has 14 heavy (non-hydrogen) atoms. The fourth-order valence-corrected chi connectivity index (χ4v) is 1.09. The molecule has 0 unspecified atom stereocenters. The van der Waals surface area contributed by atoms with E-state index in [9.17, 15) is 4.79 Å². The zero-order valence-corrected chi connectivity index (χ0v) is 9.61. The first kappa shape index (κ1) is 13.3. The van der Waals surface area contributed by atoms with Gasteiger partial charge in [0.05, 0.1) is 6.20 Å². The summed E-state index contributed by atoms with van der Waals surface area (Å²) in [5.41, 5.74) is 5.30. The minimum Gasteiger partial charge on any atom is -0.349 e. The third-order valence-corrected chi connectivity index (χ3v) is 1.95.